The van der Waals surface area contributed by atoms with Gasteiger partial charge in [-0.2, -0.15) is 0 Å². The van der Waals surface area contributed by atoms with E-state index in [1.165, 1.54) is 23.1 Å². The van der Waals surface area contributed by atoms with Crippen molar-refractivity contribution in [3.63, 3.8) is 0 Å². The highest BCUT2D eigenvalue weighted by molar-refractivity contribution is 5.30. The minimum atomic E-state index is 0.376. The van der Waals surface area contributed by atoms with Crippen molar-refractivity contribution in [3.05, 3.63) is 52.4 Å². The maximum Gasteiger partial charge on any atom is 0.154 e. The molecule has 0 spiro atoms. The SMILES string of the molecule is Cc1ccc(CN2CCCC2c2cc(C(C)C)no2)cc1C. The average molecular weight is 298 g/mol. The maximum atomic E-state index is 5.63. The average Bonchev–Trinajstić information content (AvgIpc) is 3.11. The number of aryl methyl sites for hydroxylation is 2. The second kappa shape index (κ2) is 6.25. The third-order valence-corrected chi connectivity index (χ3v) is 4.79. The van der Waals surface area contributed by atoms with Crippen molar-refractivity contribution >= 4 is 0 Å². The normalized spacial score (nSPS) is 19.2. The molecule has 3 heteroatoms. The summed E-state index contributed by atoms with van der Waals surface area (Å²) in [6.45, 7) is 10.8. The number of aromatic nitrogens is 1. The largest absolute Gasteiger partial charge is 0.359 e. The Morgan fingerprint density at radius 2 is 2.05 bits per heavy atom. The summed E-state index contributed by atoms with van der Waals surface area (Å²) < 4.78 is 5.63. The van der Waals surface area contributed by atoms with E-state index in [-0.39, 0.29) is 0 Å². The molecule has 1 unspecified atom stereocenters. The summed E-state index contributed by atoms with van der Waals surface area (Å²) in [6.07, 6.45) is 2.39. The smallest absolute Gasteiger partial charge is 0.154 e. The molecule has 2 aromatic rings. The minimum Gasteiger partial charge on any atom is -0.359 e. The quantitative estimate of drug-likeness (QED) is 0.815. The Bertz CT molecular complexity index is 645. The molecule has 1 atom stereocenters. The molecule has 0 saturated carbocycles. The summed E-state index contributed by atoms with van der Waals surface area (Å²) in [6, 6.07) is 9.30. The molecule has 0 N–H and O–H groups in total. The van der Waals surface area contributed by atoms with E-state index in [9.17, 15) is 0 Å². The molecule has 118 valence electrons. The van der Waals surface area contributed by atoms with Crippen LogP contribution in [0.1, 0.15) is 66.8 Å². The van der Waals surface area contributed by atoms with Crippen LogP contribution in [0, 0.1) is 13.8 Å². The van der Waals surface area contributed by atoms with Gasteiger partial charge in [-0.05, 0) is 55.8 Å². The summed E-state index contributed by atoms with van der Waals surface area (Å²) >= 11 is 0. The van der Waals surface area contributed by atoms with Gasteiger partial charge in [0, 0.05) is 12.6 Å². The Hall–Kier alpha value is -1.61. The Balaban J connectivity index is 1.76. The van der Waals surface area contributed by atoms with Gasteiger partial charge in [0.15, 0.2) is 5.76 Å². The van der Waals surface area contributed by atoms with Gasteiger partial charge in [-0.1, -0.05) is 37.2 Å². The van der Waals surface area contributed by atoms with Gasteiger partial charge < -0.3 is 4.52 Å². The summed E-state index contributed by atoms with van der Waals surface area (Å²) in [5.74, 6) is 1.46. The number of hydrogen-bond donors (Lipinski definition) is 0. The Kier molecular flexibility index (Phi) is 4.34. The fraction of sp³-hybridized carbons (Fsp3) is 0.526. The van der Waals surface area contributed by atoms with E-state index >= 15 is 0 Å². The zero-order valence-electron chi connectivity index (χ0n) is 14.1. The van der Waals surface area contributed by atoms with Crippen LogP contribution < -0.4 is 0 Å². The van der Waals surface area contributed by atoms with Gasteiger partial charge in [-0.3, -0.25) is 4.90 Å². The predicted octanol–water partition coefficient (Wildman–Crippen LogP) is 4.75. The van der Waals surface area contributed by atoms with Gasteiger partial charge >= 0.3 is 0 Å². The van der Waals surface area contributed by atoms with Crippen molar-refractivity contribution < 1.29 is 4.52 Å². The molecule has 0 amide bonds. The van der Waals surface area contributed by atoms with Crippen LogP contribution in [0.15, 0.2) is 28.8 Å². The third kappa shape index (κ3) is 3.09. The number of nitrogens with zero attached hydrogens (tertiary/aromatic N) is 2. The third-order valence-electron chi connectivity index (χ3n) is 4.79. The highest BCUT2D eigenvalue weighted by atomic mass is 16.5. The van der Waals surface area contributed by atoms with E-state index in [0.717, 1.165) is 31.0 Å². The Morgan fingerprint density at radius 1 is 1.23 bits per heavy atom. The second-order valence-electron chi connectivity index (χ2n) is 6.86. The van der Waals surface area contributed by atoms with E-state index in [0.29, 0.717) is 12.0 Å². The molecular weight excluding hydrogens is 272 g/mol. The van der Waals surface area contributed by atoms with E-state index in [4.69, 9.17) is 4.52 Å². The minimum absolute atomic E-state index is 0.376. The first-order chi connectivity index (χ1) is 10.5. The van der Waals surface area contributed by atoms with Crippen molar-refractivity contribution in [1.29, 1.82) is 0 Å². The molecule has 0 bridgehead atoms. The van der Waals surface area contributed by atoms with Crippen LogP contribution in [0.4, 0.5) is 0 Å². The van der Waals surface area contributed by atoms with E-state index in [2.05, 4.69) is 62.0 Å². The van der Waals surface area contributed by atoms with Crippen molar-refractivity contribution in [1.82, 2.24) is 10.1 Å². The molecule has 0 radical (unpaired) electrons. The fourth-order valence-corrected chi connectivity index (χ4v) is 3.21. The first-order valence-electron chi connectivity index (χ1n) is 8.31. The van der Waals surface area contributed by atoms with Gasteiger partial charge in [0.2, 0.25) is 0 Å². The number of hydrogen-bond acceptors (Lipinski definition) is 3. The van der Waals surface area contributed by atoms with Crippen LogP contribution in [-0.4, -0.2) is 16.6 Å². The Labute approximate surface area is 133 Å². The maximum absolute atomic E-state index is 5.63. The lowest BCUT2D eigenvalue weighted by Crippen LogP contribution is -2.22. The number of benzene rings is 1. The lowest BCUT2D eigenvalue weighted by molar-refractivity contribution is 0.206. The zero-order chi connectivity index (χ0) is 15.7. The van der Waals surface area contributed by atoms with Gasteiger partial charge in [0.1, 0.15) is 0 Å². The van der Waals surface area contributed by atoms with Crippen LogP contribution in [0.3, 0.4) is 0 Å². The molecule has 2 heterocycles. The number of rotatable bonds is 4. The molecule has 1 aromatic heterocycles. The lowest BCUT2D eigenvalue weighted by atomic mass is 10.0. The highest BCUT2D eigenvalue weighted by Gasteiger charge is 2.29. The topological polar surface area (TPSA) is 29.3 Å². The van der Waals surface area contributed by atoms with Gasteiger partial charge in [-0.15, -0.1) is 0 Å². The van der Waals surface area contributed by atoms with E-state index in [1.807, 2.05) is 0 Å². The summed E-state index contributed by atoms with van der Waals surface area (Å²) in [4.78, 5) is 2.52. The molecule has 1 saturated heterocycles. The molecule has 1 aliphatic rings. The molecule has 1 aromatic carbocycles. The molecule has 1 fully saturated rings. The van der Waals surface area contributed by atoms with Gasteiger partial charge in [-0.25, -0.2) is 0 Å². The van der Waals surface area contributed by atoms with Crippen LogP contribution in [0.25, 0.3) is 0 Å². The van der Waals surface area contributed by atoms with E-state index < -0.39 is 0 Å². The van der Waals surface area contributed by atoms with Crippen molar-refractivity contribution in [2.24, 2.45) is 0 Å². The Morgan fingerprint density at radius 3 is 2.73 bits per heavy atom. The van der Waals surface area contributed by atoms with Crippen LogP contribution in [0.5, 0.6) is 0 Å². The molecule has 3 rings (SSSR count). The summed E-state index contributed by atoms with van der Waals surface area (Å²) in [5, 5.41) is 4.23. The van der Waals surface area contributed by atoms with Crippen molar-refractivity contribution in [2.45, 2.75) is 59.0 Å². The molecule has 1 aliphatic heterocycles. The van der Waals surface area contributed by atoms with Crippen LogP contribution in [0.2, 0.25) is 0 Å². The predicted molar refractivity (Wildman–Crippen MR) is 88.9 cm³/mol. The zero-order valence-corrected chi connectivity index (χ0v) is 14.1. The molecule has 0 aliphatic carbocycles. The summed E-state index contributed by atoms with van der Waals surface area (Å²) in [7, 11) is 0. The molecule has 22 heavy (non-hydrogen) atoms. The molecular formula is C19H26N2O. The monoisotopic (exact) mass is 298 g/mol. The highest BCUT2D eigenvalue weighted by Crippen LogP contribution is 2.34. The van der Waals surface area contributed by atoms with E-state index in [1.54, 1.807) is 0 Å². The van der Waals surface area contributed by atoms with Crippen LogP contribution in [-0.2, 0) is 6.54 Å². The lowest BCUT2D eigenvalue weighted by Gasteiger charge is -2.22. The van der Waals surface area contributed by atoms with Gasteiger partial charge in [0.25, 0.3) is 0 Å². The molecule has 3 nitrogen and oxygen atoms in total. The number of likely N-dealkylation sites (tertiary alicyclic amines) is 1. The summed E-state index contributed by atoms with van der Waals surface area (Å²) in [5.41, 5.74) is 5.18. The fourth-order valence-electron chi connectivity index (χ4n) is 3.21. The second-order valence-corrected chi connectivity index (χ2v) is 6.86. The van der Waals surface area contributed by atoms with Gasteiger partial charge in [0.05, 0.1) is 11.7 Å². The standard InChI is InChI=1S/C19H26N2O/c1-13(2)17-11-19(22-20-17)18-6-5-9-21(18)12-16-8-7-14(3)15(4)10-16/h7-8,10-11,13,18H,5-6,9,12H2,1-4H3. The van der Waals surface area contributed by atoms with Crippen molar-refractivity contribution in [2.75, 3.05) is 6.54 Å². The van der Waals surface area contributed by atoms with Crippen molar-refractivity contribution in [3.8, 4) is 0 Å². The first-order valence-corrected chi connectivity index (χ1v) is 8.31. The first kappa shape index (κ1) is 15.3. The van der Waals surface area contributed by atoms with Crippen LogP contribution >= 0.6 is 0 Å².